The maximum atomic E-state index is 11.8. The average Bonchev–Trinajstić information content (AvgIpc) is 2.45. The number of carbonyl (C=O) groups excluding carboxylic acids is 2. The lowest BCUT2D eigenvalue weighted by Crippen LogP contribution is -2.26. The largest absolute Gasteiger partial charge is 0.490 e. The Balaban J connectivity index is 2.76. The summed E-state index contributed by atoms with van der Waals surface area (Å²) in [6.07, 6.45) is 0.0283. The molecule has 1 aromatic rings. The Kier molecular flexibility index (Phi) is 5.45. The summed E-state index contributed by atoms with van der Waals surface area (Å²) < 4.78 is 9.26. The van der Waals surface area contributed by atoms with Crippen molar-refractivity contribution < 1.29 is 24.0 Å². The van der Waals surface area contributed by atoms with E-state index in [4.69, 9.17) is 4.74 Å². The summed E-state index contributed by atoms with van der Waals surface area (Å²) in [4.78, 5) is 32.8. The number of ether oxygens (including phenoxy) is 2. The van der Waals surface area contributed by atoms with Crippen molar-refractivity contribution in [3.8, 4) is 5.75 Å². The zero-order valence-electron chi connectivity index (χ0n) is 11.0. The topological polar surface area (TPSA) is 108 Å². The van der Waals surface area contributed by atoms with Gasteiger partial charge in [0, 0.05) is 18.2 Å². The fourth-order valence-electron chi connectivity index (χ4n) is 1.46. The second kappa shape index (κ2) is 7.07. The predicted molar refractivity (Wildman–Crippen MR) is 68.6 cm³/mol. The number of hydrogen-bond acceptors (Lipinski definition) is 6. The highest BCUT2D eigenvalue weighted by Crippen LogP contribution is 2.27. The minimum atomic E-state index is -0.635. The Morgan fingerprint density at radius 2 is 2.05 bits per heavy atom. The number of nitrogens with one attached hydrogen (secondary N) is 1. The Labute approximate surface area is 114 Å². The number of amides is 1. The van der Waals surface area contributed by atoms with Crippen LogP contribution in [0.2, 0.25) is 0 Å². The molecule has 8 heteroatoms. The van der Waals surface area contributed by atoms with E-state index in [9.17, 15) is 19.7 Å². The Bertz CT molecular complexity index is 529. The molecule has 0 aliphatic heterocycles. The maximum Gasteiger partial charge on any atom is 0.311 e. The van der Waals surface area contributed by atoms with Gasteiger partial charge in [0.2, 0.25) is 0 Å². The number of carbonyl (C=O) groups is 2. The summed E-state index contributed by atoms with van der Waals surface area (Å²) in [5.41, 5.74) is -0.185. The summed E-state index contributed by atoms with van der Waals surface area (Å²) in [6.45, 7) is 0.0886. The monoisotopic (exact) mass is 282 g/mol. The van der Waals surface area contributed by atoms with Gasteiger partial charge in [-0.15, -0.1) is 0 Å². The lowest BCUT2D eigenvalue weighted by molar-refractivity contribution is -0.385. The van der Waals surface area contributed by atoms with Crippen molar-refractivity contribution >= 4 is 17.6 Å². The van der Waals surface area contributed by atoms with E-state index in [1.807, 2.05) is 0 Å². The summed E-state index contributed by atoms with van der Waals surface area (Å²) >= 11 is 0. The van der Waals surface area contributed by atoms with Crippen LogP contribution in [-0.2, 0) is 9.53 Å². The molecular weight excluding hydrogens is 268 g/mol. The van der Waals surface area contributed by atoms with Crippen LogP contribution in [0, 0.1) is 10.1 Å². The molecule has 1 N–H and O–H groups in total. The van der Waals surface area contributed by atoms with E-state index in [2.05, 4.69) is 10.1 Å². The minimum Gasteiger partial charge on any atom is -0.490 e. The first-order valence-electron chi connectivity index (χ1n) is 5.67. The molecule has 0 heterocycles. The van der Waals surface area contributed by atoms with E-state index in [-0.39, 0.29) is 30.0 Å². The molecule has 1 amide bonds. The van der Waals surface area contributed by atoms with Crippen molar-refractivity contribution in [3.63, 3.8) is 0 Å². The molecule has 0 fully saturated rings. The highest BCUT2D eigenvalue weighted by atomic mass is 16.6. The molecular formula is C12H14N2O6. The van der Waals surface area contributed by atoms with Crippen molar-refractivity contribution in [1.29, 1.82) is 0 Å². The van der Waals surface area contributed by atoms with Crippen molar-refractivity contribution in [2.45, 2.75) is 6.42 Å². The molecule has 0 bridgehead atoms. The standard InChI is InChI=1S/C12H14N2O6/c1-19-10-4-3-8(7-9(10)14(17)18)12(16)13-6-5-11(15)20-2/h3-4,7H,5-6H2,1-2H3,(H,13,16). The lowest BCUT2D eigenvalue weighted by Gasteiger charge is -2.06. The van der Waals surface area contributed by atoms with Gasteiger partial charge in [0.15, 0.2) is 5.75 Å². The van der Waals surface area contributed by atoms with Crippen LogP contribution < -0.4 is 10.1 Å². The molecule has 8 nitrogen and oxygen atoms in total. The van der Waals surface area contributed by atoms with Crippen LogP contribution in [0.3, 0.4) is 0 Å². The highest BCUT2D eigenvalue weighted by Gasteiger charge is 2.18. The van der Waals surface area contributed by atoms with Gasteiger partial charge in [-0.3, -0.25) is 19.7 Å². The first kappa shape index (κ1) is 15.4. The van der Waals surface area contributed by atoms with E-state index in [1.165, 1.54) is 26.4 Å². The number of nitro benzene ring substituents is 1. The molecule has 0 saturated carbocycles. The first-order chi connectivity index (χ1) is 9.49. The number of benzene rings is 1. The number of methoxy groups -OCH3 is 2. The molecule has 0 atom stereocenters. The van der Waals surface area contributed by atoms with Gasteiger partial charge in [-0.1, -0.05) is 0 Å². The third kappa shape index (κ3) is 3.94. The molecule has 108 valence electrons. The fraction of sp³-hybridized carbons (Fsp3) is 0.333. The van der Waals surface area contributed by atoms with Gasteiger partial charge in [-0.25, -0.2) is 0 Å². The van der Waals surface area contributed by atoms with E-state index in [1.54, 1.807) is 0 Å². The first-order valence-corrected chi connectivity index (χ1v) is 5.67. The Morgan fingerprint density at radius 1 is 1.35 bits per heavy atom. The summed E-state index contributed by atoms with van der Waals surface area (Å²) in [7, 11) is 2.55. The quantitative estimate of drug-likeness (QED) is 0.471. The van der Waals surface area contributed by atoms with E-state index >= 15 is 0 Å². The SMILES string of the molecule is COC(=O)CCNC(=O)c1ccc(OC)c([N+](=O)[O-])c1. The summed E-state index contributed by atoms with van der Waals surface area (Å²) in [5, 5.41) is 13.3. The van der Waals surface area contributed by atoms with Crippen molar-refractivity contribution in [1.82, 2.24) is 5.32 Å². The number of esters is 1. The van der Waals surface area contributed by atoms with Gasteiger partial charge in [-0.05, 0) is 12.1 Å². The second-order valence-corrected chi connectivity index (χ2v) is 3.73. The molecule has 0 radical (unpaired) electrons. The van der Waals surface area contributed by atoms with Crippen LogP contribution in [0.4, 0.5) is 5.69 Å². The molecule has 1 rings (SSSR count). The van der Waals surface area contributed by atoms with E-state index in [0.717, 1.165) is 6.07 Å². The predicted octanol–water partition coefficient (Wildman–Crippen LogP) is 0.896. The van der Waals surface area contributed by atoms with Crippen molar-refractivity contribution in [2.24, 2.45) is 0 Å². The zero-order valence-corrected chi connectivity index (χ0v) is 11.0. The molecule has 0 aromatic heterocycles. The normalized spacial score (nSPS) is 9.70. The van der Waals surface area contributed by atoms with Crippen molar-refractivity contribution in [3.05, 3.63) is 33.9 Å². The van der Waals surface area contributed by atoms with Crippen LogP contribution in [0.15, 0.2) is 18.2 Å². The maximum absolute atomic E-state index is 11.8. The number of hydrogen-bond donors (Lipinski definition) is 1. The average molecular weight is 282 g/mol. The lowest BCUT2D eigenvalue weighted by atomic mass is 10.1. The van der Waals surface area contributed by atoms with Crippen LogP contribution in [0.1, 0.15) is 16.8 Å². The van der Waals surface area contributed by atoms with Crippen LogP contribution in [-0.4, -0.2) is 37.6 Å². The molecule has 1 aromatic carbocycles. The number of rotatable bonds is 6. The van der Waals surface area contributed by atoms with Crippen LogP contribution in [0.25, 0.3) is 0 Å². The fourth-order valence-corrected chi connectivity index (χ4v) is 1.46. The Morgan fingerprint density at radius 3 is 2.60 bits per heavy atom. The molecule has 0 saturated heterocycles. The van der Waals surface area contributed by atoms with Gasteiger partial charge in [-0.2, -0.15) is 0 Å². The molecule has 0 aliphatic rings. The molecule has 20 heavy (non-hydrogen) atoms. The third-order valence-electron chi connectivity index (χ3n) is 2.48. The van der Waals surface area contributed by atoms with Crippen LogP contribution >= 0.6 is 0 Å². The number of nitro groups is 1. The van der Waals surface area contributed by atoms with Gasteiger partial charge < -0.3 is 14.8 Å². The minimum absolute atomic E-state index is 0.0283. The third-order valence-corrected chi connectivity index (χ3v) is 2.48. The van der Waals surface area contributed by atoms with Gasteiger partial charge in [0.05, 0.1) is 25.6 Å². The van der Waals surface area contributed by atoms with E-state index < -0.39 is 16.8 Å². The number of nitrogens with zero attached hydrogens (tertiary/aromatic N) is 1. The molecule has 0 aliphatic carbocycles. The van der Waals surface area contributed by atoms with E-state index in [0.29, 0.717) is 0 Å². The van der Waals surface area contributed by atoms with Gasteiger partial charge >= 0.3 is 11.7 Å². The van der Waals surface area contributed by atoms with Crippen molar-refractivity contribution in [2.75, 3.05) is 20.8 Å². The van der Waals surface area contributed by atoms with Gasteiger partial charge in [0.1, 0.15) is 0 Å². The second-order valence-electron chi connectivity index (χ2n) is 3.73. The Hall–Kier alpha value is -2.64. The summed E-state index contributed by atoms with van der Waals surface area (Å²) in [5.74, 6) is -0.897. The zero-order chi connectivity index (χ0) is 15.1. The molecule has 0 spiro atoms. The highest BCUT2D eigenvalue weighted by molar-refractivity contribution is 5.95. The summed E-state index contributed by atoms with van der Waals surface area (Å²) in [6, 6.07) is 3.86. The van der Waals surface area contributed by atoms with Gasteiger partial charge in [0.25, 0.3) is 5.91 Å². The smallest absolute Gasteiger partial charge is 0.311 e. The molecule has 0 unspecified atom stereocenters. The van der Waals surface area contributed by atoms with Crippen LogP contribution in [0.5, 0.6) is 5.75 Å².